The zero-order chi connectivity index (χ0) is 12.0. The summed E-state index contributed by atoms with van der Waals surface area (Å²) in [6.45, 7) is 0.0716. The van der Waals surface area contributed by atoms with Crippen molar-refractivity contribution < 1.29 is 9.53 Å². The van der Waals surface area contributed by atoms with Gasteiger partial charge in [-0.2, -0.15) is 5.10 Å². The van der Waals surface area contributed by atoms with E-state index >= 15 is 0 Å². The van der Waals surface area contributed by atoms with Gasteiger partial charge < -0.3 is 21.7 Å². The number of ether oxygens (including phenoxy) is 1. The molecule has 1 amide bonds. The molecule has 6 nitrogen and oxygen atoms in total. The van der Waals surface area contributed by atoms with Gasteiger partial charge in [0.2, 0.25) is 5.91 Å². The minimum atomic E-state index is -0.523. The Hall–Kier alpha value is -2.37. The summed E-state index contributed by atoms with van der Waals surface area (Å²) in [5.74, 6) is 4.96. The van der Waals surface area contributed by atoms with E-state index in [4.69, 9.17) is 21.7 Å². The third kappa shape index (κ3) is 3.09. The van der Waals surface area contributed by atoms with Crippen LogP contribution in [0.5, 0.6) is 5.75 Å². The van der Waals surface area contributed by atoms with Crippen LogP contribution in [0.2, 0.25) is 0 Å². The maximum Gasteiger partial charge on any atom is 0.248 e. The molecule has 0 radical (unpaired) electrons. The minimum Gasteiger partial charge on any atom is -0.487 e. The molecule has 1 aromatic rings. The van der Waals surface area contributed by atoms with E-state index in [2.05, 4.69) is 5.10 Å². The van der Waals surface area contributed by atoms with Crippen molar-refractivity contribution in [3.05, 3.63) is 29.8 Å². The lowest BCUT2D eigenvalue weighted by atomic mass is 10.2. The molecule has 0 bridgehead atoms. The Labute approximate surface area is 92.4 Å². The van der Waals surface area contributed by atoms with Gasteiger partial charge in [0.15, 0.2) is 0 Å². The molecule has 0 saturated heterocycles. The molecule has 0 saturated carbocycles. The monoisotopic (exact) mass is 220 g/mol. The molecule has 0 aliphatic carbocycles. The average molecular weight is 220 g/mol. The fraction of sp³-hybridized carbons (Fsp3) is 0.100. The van der Waals surface area contributed by atoms with Gasteiger partial charge in [0.1, 0.15) is 18.1 Å². The summed E-state index contributed by atoms with van der Waals surface area (Å²) in [6, 6.07) is 6.42. The largest absolute Gasteiger partial charge is 0.487 e. The molecule has 0 heterocycles. The molecule has 6 heteroatoms. The summed E-state index contributed by atoms with van der Waals surface area (Å²) >= 11 is 0. The molecule has 0 aromatic heterocycles. The molecule has 0 aliphatic heterocycles. The van der Waals surface area contributed by atoms with Crippen LogP contribution in [0.1, 0.15) is 10.4 Å². The molecule has 0 atom stereocenters. The Morgan fingerprint density at radius 3 is 2.88 bits per heavy atom. The van der Waals surface area contributed by atoms with Crippen molar-refractivity contribution in [2.24, 2.45) is 16.7 Å². The van der Waals surface area contributed by atoms with Crippen LogP contribution in [-0.2, 0) is 0 Å². The standard InChI is InChI=1S/C10H12N4O2/c11-5-8(14-13)6-16-9-3-1-2-7(4-9)10(12)15/h1-5,11H,6,13H2,(H2,12,15)/b11-5?,14-8+. The van der Waals surface area contributed by atoms with Crippen molar-refractivity contribution in [1.29, 1.82) is 5.41 Å². The van der Waals surface area contributed by atoms with E-state index in [1.165, 1.54) is 6.07 Å². The Bertz CT molecular complexity index is 429. The van der Waals surface area contributed by atoms with Gasteiger partial charge in [-0.05, 0) is 18.2 Å². The first-order valence-corrected chi connectivity index (χ1v) is 4.47. The second-order valence-corrected chi connectivity index (χ2v) is 2.95. The molecule has 1 rings (SSSR count). The van der Waals surface area contributed by atoms with Crippen LogP contribution < -0.4 is 16.3 Å². The van der Waals surface area contributed by atoms with Gasteiger partial charge in [-0.3, -0.25) is 4.79 Å². The fourth-order valence-electron chi connectivity index (χ4n) is 1.01. The second kappa shape index (κ2) is 5.50. The minimum absolute atomic E-state index is 0.0716. The molecule has 0 unspecified atom stereocenters. The van der Waals surface area contributed by atoms with E-state index in [9.17, 15) is 4.79 Å². The number of hydrazone groups is 1. The predicted octanol–water partition coefficient (Wildman–Crippen LogP) is 0.129. The van der Waals surface area contributed by atoms with Crippen LogP contribution in [-0.4, -0.2) is 24.4 Å². The number of nitrogens with two attached hydrogens (primary N) is 2. The second-order valence-electron chi connectivity index (χ2n) is 2.95. The van der Waals surface area contributed by atoms with Crippen LogP contribution >= 0.6 is 0 Å². The topological polar surface area (TPSA) is 115 Å². The highest BCUT2D eigenvalue weighted by Crippen LogP contribution is 2.12. The van der Waals surface area contributed by atoms with E-state index in [0.717, 1.165) is 6.21 Å². The summed E-state index contributed by atoms with van der Waals surface area (Å²) < 4.78 is 5.27. The van der Waals surface area contributed by atoms with Crippen molar-refractivity contribution in [2.45, 2.75) is 0 Å². The molecule has 1 aromatic carbocycles. The first-order valence-electron chi connectivity index (χ1n) is 4.47. The van der Waals surface area contributed by atoms with Crippen molar-refractivity contribution in [3.63, 3.8) is 0 Å². The van der Waals surface area contributed by atoms with Gasteiger partial charge >= 0.3 is 0 Å². The SMILES string of the molecule is N=C/C(COc1cccc(C(N)=O)c1)=N\N. The van der Waals surface area contributed by atoms with E-state index < -0.39 is 5.91 Å². The summed E-state index contributed by atoms with van der Waals surface area (Å²) in [5.41, 5.74) is 5.77. The smallest absolute Gasteiger partial charge is 0.248 e. The molecule has 0 spiro atoms. The highest BCUT2D eigenvalue weighted by molar-refractivity contribution is 6.30. The third-order valence-electron chi connectivity index (χ3n) is 1.84. The number of rotatable bonds is 5. The summed E-state index contributed by atoms with van der Waals surface area (Å²) in [4.78, 5) is 10.9. The van der Waals surface area contributed by atoms with Gasteiger partial charge in [-0.25, -0.2) is 0 Å². The number of amides is 1. The maximum absolute atomic E-state index is 10.9. The lowest BCUT2D eigenvalue weighted by Crippen LogP contribution is -2.15. The Kier molecular flexibility index (Phi) is 4.02. The summed E-state index contributed by atoms with van der Waals surface area (Å²) in [5, 5.41) is 10.3. The molecule has 0 aliphatic rings. The van der Waals surface area contributed by atoms with Gasteiger partial charge in [0.25, 0.3) is 0 Å². The lowest BCUT2D eigenvalue weighted by molar-refractivity contribution is 0.1000. The van der Waals surface area contributed by atoms with Crippen molar-refractivity contribution >= 4 is 17.8 Å². The molecule has 0 fully saturated rings. The number of hydrogen-bond donors (Lipinski definition) is 3. The van der Waals surface area contributed by atoms with Crippen LogP contribution in [0, 0.1) is 5.41 Å². The molecule has 84 valence electrons. The predicted molar refractivity (Wildman–Crippen MR) is 60.9 cm³/mol. The number of nitrogens with zero attached hydrogens (tertiary/aromatic N) is 1. The molecule has 16 heavy (non-hydrogen) atoms. The quantitative estimate of drug-likeness (QED) is 0.372. The molecule has 5 N–H and O–H groups in total. The molecular weight excluding hydrogens is 208 g/mol. The number of primary amides is 1. The average Bonchev–Trinajstić information content (AvgIpc) is 2.31. The third-order valence-corrected chi connectivity index (χ3v) is 1.84. The summed E-state index contributed by atoms with van der Waals surface area (Å²) in [7, 11) is 0. The normalized spacial score (nSPS) is 10.9. The van der Waals surface area contributed by atoms with Crippen LogP contribution in [0.15, 0.2) is 29.4 Å². The van der Waals surface area contributed by atoms with Crippen LogP contribution in [0.25, 0.3) is 0 Å². The van der Waals surface area contributed by atoms with Crippen LogP contribution in [0.3, 0.4) is 0 Å². The highest BCUT2D eigenvalue weighted by atomic mass is 16.5. The molecular formula is C10H12N4O2. The van der Waals surface area contributed by atoms with E-state index in [1.807, 2.05) is 0 Å². The highest BCUT2D eigenvalue weighted by Gasteiger charge is 2.02. The first kappa shape index (κ1) is 11.7. The van der Waals surface area contributed by atoms with Gasteiger partial charge in [0, 0.05) is 11.8 Å². The van der Waals surface area contributed by atoms with E-state index in [-0.39, 0.29) is 6.61 Å². The van der Waals surface area contributed by atoms with Crippen LogP contribution in [0.4, 0.5) is 0 Å². The number of hydrogen-bond acceptors (Lipinski definition) is 5. The number of benzene rings is 1. The Morgan fingerprint density at radius 2 is 2.31 bits per heavy atom. The zero-order valence-corrected chi connectivity index (χ0v) is 8.51. The Balaban J connectivity index is 2.71. The van der Waals surface area contributed by atoms with Crippen molar-refractivity contribution in [3.8, 4) is 5.75 Å². The summed E-state index contributed by atoms with van der Waals surface area (Å²) in [6.07, 6.45) is 0.998. The van der Waals surface area contributed by atoms with E-state index in [0.29, 0.717) is 17.0 Å². The number of carbonyl (C=O) groups is 1. The van der Waals surface area contributed by atoms with Gasteiger partial charge in [-0.1, -0.05) is 6.07 Å². The number of carbonyl (C=O) groups excluding carboxylic acids is 1. The van der Waals surface area contributed by atoms with Crippen molar-refractivity contribution in [2.75, 3.05) is 6.61 Å². The van der Waals surface area contributed by atoms with E-state index in [1.54, 1.807) is 18.2 Å². The first-order chi connectivity index (χ1) is 7.67. The Morgan fingerprint density at radius 1 is 1.56 bits per heavy atom. The van der Waals surface area contributed by atoms with Gasteiger partial charge in [-0.15, -0.1) is 0 Å². The van der Waals surface area contributed by atoms with Crippen molar-refractivity contribution in [1.82, 2.24) is 0 Å². The lowest BCUT2D eigenvalue weighted by Gasteiger charge is -2.05. The number of nitrogens with one attached hydrogen (secondary N) is 1. The van der Waals surface area contributed by atoms with Gasteiger partial charge in [0.05, 0.1) is 0 Å². The fourth-order valence-corrected chi connectivity index (χ4v) is 1.01. The maximum atomic E-state index is 10.9. The zero-order valence-electron chi connectivity index (χ0n) is 8.51.